The van der Waals surface area contributed by atoms with Crippen LogP contribution in [0.25, 0.3) is 22.6 Å². The number of anilines is 1. The first-order valence-electron chi connectivity index (χ1n) is 10.7. The molecule has 0 bridgehead atoms. The molecule has 4 aromatic rings. The normalized spacial score (nSPS) is 14.3. The van der Waals surface area contributed by atoms with Crippen molar-refractivity contribution in [1.82, 2.24) is 20.2 Å². The quantitative estimate of drug-likeness (QED) is 0.309. The van der Waals surface area contributed by atoms with Crippen LogP contribution in [0.15, 0.2) is 65.3 Å². The van der Waals surface area contributed by atoms with Crippen molar-refractivity contribution >= 4 is 11.9 Å². The van der Waals surface area contributed by atoms with Gasteiger partial charge in [0.15, 0.2) is 0 Å². The van der Waals surface area contributed by atoms with Crippen molar-refractivity contribution in [3.05, 3.63) is 78.2 Å². The summed E-state index contributed by atoms with van der Waals surface area (Å²) in [5.41, 5.74) is 0.975. The van der Waals surface area contributed by atoms with E-state index >= 15 is 0 Å². The Balaban J connectivity index is 1.51. The number of amides is 1. The lowest BCUT2D eigenvalue weighted by molar-refractivity contribution is -0.129. The number of alkyl halides is 4. The van der Waals surface area contributed by atoms with Gasteiger partial charge in [-0.1, -0.05) is 30.3 Å². The molecule has 0 N–H and O–H groups in total. The predicted molar refractivity (Wildman–Crippen MR) is 117 cm³/mol. The van der Waals surface area contributed by atoms with Crippen LogP contribution in [0.5, 0.6) is 0 Å². The molecule has 0 aliphatic heterocycles. The molecule has 36 heavy (non-hydrogen) atoms. The third kappa shape index (κ3) is 4.30. The van der Waals surface area contributed by atoms with Crippen molar-refractivity contribution in [1.29, 1.82) is 0 Å². The van der Waals surface area contributed by atoms with Crippen molar-refractivity contribution in [2.75, 3.05) is 4.90 Å². The number of carbonyl (C=O) groups is 1. The molecule has 0 atom stereocenters. The van der Waals surface area contributed by atoms with Gasteiger partial charge < -0.3 is 4.42 Å². The molecule has 2 aromatic heterocycles. The average Bonchev–Trinajstić information content (AvgIpc) is 3.51. The summed E-state index contributed by atoms with van der Waals surface area (Å²) in [7, 11) is 0. The van der Waals surface area contributed by atoms with E-state index in [1.165, 1.54) is 12.1 Å². The number of aromatic nitrogens is 4. The molecule has 7 nitrogen and oxygen atoms in total. The van der Waals surface area contributed by atoms with Gasteiger partial charge in [-0.15, -0.1) is 10.2 Å². The molecule has 5 rings (SSSR count). The molecule has 0 radical (unpaired) electrons. The molecule has 12 heteroatoms. The van der Waals surface area contributed by atoms with Gasteiger partial charge in [0.25, 0.3) is 17.7 Å². The van der Waals surface area contributed by atoms with Crippen molar-refractivity contribution < 1.29 is 31.2 Å². The van der Waals surface area contributed by atoms with Crippen LogP contribution in [-0.2, 0) is 10.3 Å². The van der Waals surface area contributed by atoms with Gasteiger partial charge in [0, 0.05) is 12.4 Å². The maximum Gasteiger partial charge on any atom is 0.316 e. The topological polar surface area (TPSA) is 85.0 Å². The number of nitrogens with zero attached hydrogens (tertiary/aromatic N) is 5. The van der Waals surface area contributed by atoms with Crippen molar-refractivity contribution in [2.45, 2.75) is 31.2 Å². The van der Waals surface area contributed by atoms with Gasteiger partial charge in [0.1, 0.15) is 5.82 Å². The highest BCUT2D eigenvalue weighted by Crippen LogP contribution is 2.53. The van der Waals surface area contributed by atoms with Gasteiger partial charge in [-0.05, 0) is 47.7 Å². The molecular weight excluding hydrogens is 485 g/mol. The number of hydrogen-bond donors (Lipinski definition) is 0. The van der Waals surface area contributed by atoms with E-state index in [-0.39, 0.29) is 17.4 Å². The Morgan fingerprint density at radius 2 is 1.61 bits per heavy atom. The van der Waals surface area contributed by atoms with Crippen molar-refractivity contribution in [3.63, 3.8) is 0 Å². The minimum atomic E-state index is -3.32. The van der Waals surface area contributed by atoms with Gasteiger partial charge in [-0.3, -0.25) is 9.69 Å². The van der Waals surface area contributed by atoms with Crippen LogP contribution >= 0.6 is 0 Å². The zero-order valence-electron chi connectivity index (χ0n) is 18.3. The lowest BCUT2D eigenvalue weighted by atomic mass is 9.97. The Hall–Kier alpha value is -4.22. The largest absolute Gasteiger partial charge is 0.415 e. The molecule has 0 saturated heterocycles. The summed E-state index contributed by atoms with van der Waals surface area (Å²) in [5.74, 6) is -3.33. The molecule has 2 aromatic carbocycles. The minimum Gasteiger partial charge on any atom is -0.415 e. The second kappa shape index (κ2) is 9.10. The van der Waals surface area contributed by atoms with E-state index in [2.05, 4.69) is 20.2 Å². The molecule has 1 amide bonds. The fraction of sp³-hybridized carbons (Fsp3) is 0.208. The summed E-state index contributed by atoms with van der Waals surface area (Å²) >= 11 is 0. The Morgan fingerprint density at radius 3 is 2.19 bits per heavy atom. The number of halogens is 5. The highest BCUT2D eigenvalue weighted by atomic mass is 19.3. The highest BCUT2D eigenvalue weighted by molar-refractivity contribution is 5.96. The van der Waals surface area contributed by atoms with Crippen LogP contribution < -0.4 is 4.90 Å². The predicted octanol–water partition coefficient (Wildman–Crippen LogP) is 5.56. The van der Waals surface area contributed by atoms with Crippen molar-refractivity contribution in [2.24, 2.45) is 0 Å². The standard InChI is InChI=1S/C24H16F5N5O2/c25-17-6-4-13(5-7-17)14-2-1-3-16(10-14)24(8-9-24)34(22(35)19(28)29)23-30-11-15(12-31-23)20-32-33-21(36-20)18(26)27/h1-7,10-12,18-19H,8-9H2. The Kier molecular flexibility index (Phi) is 5.94. The second-order valence-electron chi connectivity index (χ2n) is 8.11. The summed E-state index contributed by atoms with van der Waals surface area (Å²) in [4.78, 5) is 21.6. The van der Waals surface area contributed by atoms with Crippen molar-refractivity contribution in [3.8, 4) is 22.6 Å². The zero-order valence-corrected chi connectivity index (χ0v) is 18.3. The van der Waals surface area contributed by atoms with E-state index in [0.717, 1.165) is 17.3 Å². The lowest BCUT2D eigenvalue weighted by Gasteiger charge is -2.30. The smallest absolute Gasteiger partial charge is 0.316 e. The Labute approximate surface area is 200 Å². The molecule has 0 spiro atoms. The SMILES string of the molecule is O=C(C(F)F)N(c1ncc(-c2nnc(C(F)F)o2)cn1)C1(c2cccc(-c3ccc(F)cc3)c2)CC1. The maximum atomic E-state index is 13.7. The minimum absolute atomic E-state index is 0.0748. The van der Waals surface area contributed by atoms with Crippen LogP contribution in [0.4, 0.5) is 27.9 Å². The van der Waals surface area contributed by atoms with Gasteiger partial charge in [-0.2, -0.15) is 17.6 Å². The number of rotatable bonds is 7. The fourth-order valence-corrected chi connectivity index (χ4v) is 3.98. The molecule has 1 aliphatic carbocycles. The third-order valence-electron chi connectivity index (χ3n) is 5.85. The van der Waals surface area contributed by atoms with Gasteiger partial charge in [-0.25, -0.2) is 14.4 Å². The second-order valence-corrected chi connectivity index (χ2v) is 8.11. The lowest BCUT2D eigenvalue weighted by Crippen LogP contribution is -2.45. The molecular formula is C24H16F5N5O2. The number of benzene rings is 2. The molecule has 1 saturated carbocycles. The van der Waals surface area contributed by atoms with Crippen LogP contribution in [0, 0.1) is 5.82 Å². The Morgan fingerprint density at radius 1 is 0.917 bits per heavy atom. The fourth-order valence-electron chi connectivity index (χ4n) is 3.98. The molecule has 1 aliphatic rings. The van der Waals surface area contributed by atoms with E-state index in [4.69, 9.17) is 4.42 Å². The molecule has 184 valence electrons. The summed E-state index contributed by atoms with van der Waals surface area (Å²) in [6.07, 6.45) is -3.28. The zero-order chi connectivity index (χ0) is 25.4. The summed E-state index contributed by atoms with van der Waals surface area (Å²) in [6, 6.07) is 12.8. The van der Waals surface area contributed by atoms with E-state index in [1.807, 2.05) is 0 Å². The third-order valence-corrected chi connectivity index (χ3v) is 5.85. The van der Waals surface area contributed by atoms with E-state index in [9.17, 15) is 26.7 Å². The van der Waals surface area contributed by atoms with E-state index < -0.39 is 36.0 Å². The number of carbonyl (C=O) groups excluding carboxylic acids is 1. The van der Waals surface area contributed by atoms with Gasteiger partial charge >= 0.3 is 12.9 Å². The van der Waals surface area contributed by atoms with Crippen LogP contribution in [0.3, 0.4) is 0 Å². The van der Waals surface area contributed by atoms with Crippen LogP contribution in [0.2, 0.25) is 0 Å². The molecule has 2 heterocycles. The molecule has 0 unspecified atom stereocenters. The van der Waals surface area contributed by atoms with Crippen LogP contribution in [0.1, 0.15) is 30.7 Å². The Bertz CT molecular complexity index is 1390. The highest BCUT2D eigenvalue weighted by Gasteiger charge is 2.54. The van der Waals surface area contributed by atoms with Gasteiger partial charge in [0.05, 0.1) is 11.1 Å². The number of hydrogen-bond acceptors (Lipinski definition) is 6. The van der Waals surface area contributed by atoms with E-state index in [0.29, 0.717) is 29.5 Å². The van der Waals surface area contributed by atoms with E-state index in [1.54, 1.807) is 36.4 Å². The first-order valence-corrected chi connectivity index (χ1v) is 10.7. The summed E-state index contributed by atoms with van der Waals surface area (Å²) < 4.78 is 71.0. The van der Waals surface area contributed by atoms with Crippen LogP contribution in [-0.4, -0.2) is 32.5 Å². The monoisotopic (exact) mass is 501 g/mol. The molecule has 1 fully saturated rings. The average molecular weight is 501 g/mol. The maximum absolute atomic E-state index is 13.7. The summed E-state index contributed by atoms with van der Waals surface area (Å²) in [5, 5.41) is 6.72. The first kappa shape index (κ1) is 23.5. The summed E-state index contributed by atoms with van der Waals surface area (Å²) in [6.45, 7) is 0. The first-order chi connectivity index (χ1) is 17.3. The van der Waals surface area contributed by atoms with Gasteiger partial charge in [0.2, 0.25) is 5.95 Å².